The van der Waals surface area contributed by atoms with Gasteiger partial charge in [0, 0.05) is 23.9 Å². The maximum atomic E-state index is 5.82. The summed E-state index contributed by atoms with van der Waals surface area (Å²) in [6.07, 6.45) is 7.99. The van der Waals surface area contributed by atoms with Crippen LogP contribution in [0.2, 0.25) is 0 Å². The van der Waals surface area contributed by atoms with Gasteiger partial charge >= 0.3 is 0 Å². The zero-order valence-corrected chi connectivity index (χ0v) is 13.4. The third kappa shape index (κ3) is 3.24. The molecular weight excluding hydrogens is 244 g/mol. The third-order valence-electron chi connectivity index (χ3n) is 4.23. The number of nitrogens with two attached hydrogens (primary N) is 1. The van der Waals surface area contributed by atoms with Crippen molar-refractivity contribution in [1.82, 2.24) is 4.90 Å². The van der Waals surface area contributed by atoms with E-state index in [2.05, 4.69) is 64.6 Å². The molecule has 20 heavy (non-hydrogen) atoms. The van der Waals surface area contributed by atoms with Crippen LogP contribution in [0.1, 0.15) is 33.6 Å². The van der Waals surface area contributed by atoms with Gasteiger partial charge in [0.1, 0.15) is 0 Å². The molecule has 2 atom stereocenters. The Morgan fingerprint density at radius 1 is 1.45 bits per heavy atom. The highest BCUT2D eigenvalue weighted by atomic mass is 15.1. The van der Waals surface area contributed by atoms with E-state index < -0.39 is 0 Å². The van der Waals surface area contributed by atoms with E-state index in [0.717, 1.165) is 35.4 Å². The van der Waals surface area contributed by atoms with Gasteiger partial charge in [0.25, 0.3) is 0 Å². The molecule has 2 heteroatoms. The van der Waals surface area contributed by atoms with Crippen LogP contribution in [0.15, 0.2) is 60.5 Å². The van der Waals surface area contributed by atoms with E-state index in [1.54, 1.807) is 0 Å². The van der Waals surface area contributed by atoms with Crippen LogP contribution < -0.4 is 5.73 Å². The predicted molar refractivity (Wildman–Crippen MR) is 89.1 cm³/mol. The van der Waals surface area contributed by atoms with Gasteiger partial charge in [0.2, 0.25) is 0 Å². The Labute approximate surface area is 124 Å². The second-order valence-corrected chi connectivity index (χ2v) is 5.96. The second-order valence-electron chi connectivity index (χ2n) is 5.96. The van der Waals surface area contributed by atoms with Crippen molar-refractivity contribution in [2.75, 3.05) is 7.05 Å². The van der Waals surface area contributed by atoms with Crippen LogP contribution in [0.3, 0.4) is 0 Å². The summed E-state index contributed by atoms with van der Waals surface area (Å²) >= 11 is 0. The SMILES string of the molecule is C=C(C)C(C(=C)[C@]1(C)C=CC(N)=CC1)N(C)C(=C)CC. The van der Waals surface area contributed by atoms with Crippen LogP contribution in [0.4, 0.5) is 0 Å². The molecule has 0 fully saturated rings. The third-order valence-corrected chi connectivity index (χ3v) is 4.23. The van der Waals surface area contributed by atoms with Crippen LogP contribution in [-0.4, -0.2) is 18.0 Å². The molecule has 1 unspecified atom stereocenters. The summed E-state index contributed by atoms with van der Waals surface area (Å²) in [5, 5.41) is 0. The van der Waals surface area contributed by atoms with Gasteiger partial charge in [-0.2, -0.15) is 0 Å². The molecule has 1 aliphatic carbocycles. The Bertz CT molecular complexity index is 482. The molecule has 0 aromatic heterocycles. The maximum Gasteiger partial charge on any atom is 0.0710 e. The summed E-state index contributed by atoms with van der Waals surface area (Å²) in [6.45, 7) is 19.0. The Morgan fingerprint density at radius 3 is 2.45 bits per heavy atom. The van der Waals surface area contributed by atoms with Crippen molar-refractivity contribution in [3.8, 4) is 0 Å². The van der Waals surface area contributed by atoms with E-state index in [9.17, 15) is 0 Å². The summed E-state index contributed by atoms with van der Waals surface area (Å²) in [4.78, 5) is 2.19. The van der Waals surface area contributed by atoms with Gasteiger partial charge in [-0.05, 0) is 31.4 Å². The number of likely N-dealkylation sites (N-methyl/N-ethyl adjacent to an activating group) is 1. The summed E-state index contributed by atoms with van der Waals surface area (Å²) in [5.41, 5.74) is 9.89. The minimum Gasteiger partial charge on any atom is -0.399 e. The maximum absolute atomic E-state index is 5.82. The monoisotopic (exact) mass is 272 g/mol. The molecule has 0 radical (unpaired) electrons. The fourth-order valence-electron chi connectivity index (χ4n) is 2.59. The van der Waals surface area contributed by atoms with Gasteiger partial charge in [-0.15, -0.1) is 0 Å². The molecule has 0 aromatic rings. The van der Waals surface area contributed by atoms with Gasteiger partial charge in [0.15, 0.2) is 0 Å². The van der Waals surface area contributed by atoms with Crippen molar-refractivity contribution in [2.24, 2.45) is 11.1 Å². The first-order valence-electron chi connectivity index (χ1n) is 7.13. The number of nitrogens with zero attached hydrogens (tertiary/aromatic N) is 1. The van der Waals surface area contributed by atoms with Crippen molar-refractivity contribution in [3.63, 3.8) is 0 Å². The van der Waals surface area contributed by atoms with Crippen LogP contribution in [0.25, 0.3) is 0 Å². The molecule has 1 rings (SSSR count). The molecule has 0 spiro atoms. The topological polar surface area (TPSA) is 29.3 Å². The highest BCUT2D eigenvalue weighted by Crippen LogP contribution is 2.40. The summed E-state index contributed by atoms with van der Waals surface area (Å²) < 4.78 is 0. The van der Waals surface area contributed by atoms with Crippen LogP contribution in [0, 0.1) is 5.41 Å². The average molecular weight is 272 g/mol. The number of hydrogen-bond donors (Lipinski definition) is 1. The Morgan fingerprint density at radius 2 is 2.05 bits per heavy atom. The molecule has 110 valence electrons. The lowest BCUT2D eigenvalue weighted by atomic mass is 9.72. The first kappa shape index (κ1) is 16.4. The Kier molecular flexibility index (Phi) is 5.04. The fraction of sp³-hybridized carbons (Fsp3) is 0.444. The minimum absolute atomic E-state index is 0.0885. The van der Waals surface area contributed by atoms with Gasteiger partial charge < -0.3 is 10.6 Å². The molecule has 0 heterocycles. The predicted octanol–water partition coefficient (Wildman–Crippen LogP) is 4.15. The summed E-state index contributed by atoms with van der Waals surface area (Å²) in [5.74, 6) is 0. The molecule has 0 aromatic carbocycles. The minimum atomic E-state index is -0.0885. The quantitative estimate of drug-likeness (QED) is 0.736. The molecule has 1 aliphatic rings. The summed E-state index contributed by atoms with van der Waals surface area (Å²) in [6, 6.07) is 0.102. The fourth-order valence-corrected chi connectivity index (χ4v) is 2.59. The molecular formula is C18H28N2. The molecule has 2 nitrogen and oxygen atoms in total. The Balaban J connectivity index is 3.05. The number of rotatable bonds is 6. The number of hydrogen-bond acceptors (Lipinski definition) is 2. The standard InChI is InChI=1S/C18H28N2/c1-8-14(4)20(7)17(13(2)3)15(5)18(6)11-9-16(19)10-12-18/h9-11,17H,2,4-5,8,12,19H2,1,3,6-7H3/t17?,18-/m1/s1. The molecule has 2 N–H and O–H groups in total. The first-order chi connectivity index (χ1) is 9.23. The first-order valence-corrected chi connectivity index (χ1v) is 7.13. The Hall–Kier alpha value is -1.70. The highest BCUT2D eigenvalue weighted by molar-refractivity contribution is 5.37. The summed E-state index contributed by atoms with van der Waals surface area (Å²) in [7, 11) is 2.07. The zero-order chi connectivity index (χ0) is 15.5. The molecule has 0 saturated carbocycles. The largest absolute Gasteiger partial charge is 0.399 e. The van der Waals surface area contributed by atoms with E-state index in [4.69, 9.17) is 5.73 Å². The lowest BCUT2D eigenvalue weighted by molar-refractivity contribution is 0.325. The smallest absolute Gasteiger partial charge is 0.0710 e. The van der Waals surface area contributed by atoms with E-state index in [1.165, 1.54) is 0 Å². The molecule has 0 aliphatic heterocycles. The van der Waals surface area contributed by atoms with Crippen LogP contribution in [-0.2, 0) is 0 Å². The van der Waals surface area contributed by atoms with Gasteiger partial charge in [-0.1, -0.05) is 51.3 Å². The van der Waals surface area contributed by atoms with Gasteiger partial charge in [0.05, 0.1) is 6.04 Å². The van der Waals surface area contributed by atoms with Crippen LogP contribution in [0.5, 0.6) is 0 Å². The van der Waals surface area contributed by atoms with Gasteiger partial charge in [-0.25, -0.2) is 0 Å². The molecule has 0 saturated heterocycles. The van der Waals surface area contributed by atoms with Crippen molar-refractivity contribution < 1.29 is 0 Å². The van der Waals surface area contributed by atoms with Crippen molar-refractivity contribution in [2.45, 2.75) is 39.7 Å². The lowest BCUT2D eigenvalue weighted by Gasteiger charge is -2.40. The normalized spacial score (nSPS) is 22.9. The van der Waals surface area contributed by atoms with Crippen molar-refractivity contribution in [1.29, 1.82) is 0 Å². The van der Waals surface area contributed by atoms with Crippen molar-refractivity contribution >= 4 is 0 Å². The highest BCUT2D eigenvalue weighted by Gasteiger charge is 2.33. The van der Waals surface area contributed by atoms with E-state index in [1.807, 2.05) is 6.08 Å². The van der Waals surface area contributed by atoms with Crippen molar-refractivity contribution in [3.05, 3.63) is 60.5 Å². The molecule has 0 amide bonds. The zero-order valence-electron chi connectivity index (χ0n) is 13.4. The number of allylic oxidation sites excluding steroid dienone is 4. The van der Waals surface area contributed by atoms with Crippen LogP contribution >= 0.6 is 0 Å². The molecule has 0 bridgehead atoms. The lowest BCUT2D eigenvalue weighted by Crippen LogP contribution is -2.38. The average Bonchev–Trinajstić information content (AvgIpc) is 2.40. The van der Waals surface area contributed by atoms with E-state index in [-0.39, 0.29) is 11.5 Å². The van der Waals surface area contributed by atoms with E-state index >= 15 is 0 Å². The van der Waals surface area contributed by atoms with Gasteiger partial charge in [-0.3, -0.25) is 0 Å². The van der Waals surface area contributed by atoms with E-state index in [0.29, 0.717) is 0 Å². The second kappa shape index (κ2) is 6.17.